The van der Waals surface area contributed by atoms with Gasteiger partial charge in [-0.1, -0.05) is 5.16 Å². The first-order valence-electron chi connectivity index (χ1n) is 8.73. The van der Waals surface area contributed by atoms with Crippen LogP contribution in [0.4, 0.5) is 10.5 Å². The molecular weight excluding hydrogens is 334 g/mol. The Labute approximate surface area is 153 Å². The molecule has 0 bridgehead atoms. The molecule has 2 heterocycles. The summed E-state index contributed by atoms with van der Waals surface area (Å²) in [5.41, 5.74) is 7.16. The summed E-state index contributed by atoms with van der Waals surface area (Å²) in [6, 6.07) is 6.43. The van der Waals surface area contributed by atoms with Crippen molar-refractivity contribution < 1.29 is 14.4 Å². The van der Waals surface area contributed by atoms with Crippen LogP contribution in [0.1, 0.15) is 24.8 Å². The number of anilines is 1. The summed E-state index contributed by atoms with van der Waals surface area (Å²) in [5.74, 6) is 0.197. The van der Waals surface area contributed by atoms with Crippen LogP contribution in [0.2, 0.25) is 0 Å². The van der Waals surface area contributed by atoms with Crippen LogP contribution in [0.15, 0.2) is 29.4 Å². The Hall–Kier alpha value is -2.77. The number of rotatable bonds is 4. The standard InChI is InChI=1S/C18H25N5O3/c1-21(2)17(20-26-3)12-7-9-13(10-8-12)23-15(16(19)24)14-6-4-5-11-22(14)18(23)25/h7-10,14-15H,4-6,11H2,1-3H3,(H2,19,24)/t14-,15?/m1/s1. The fourth-order valence-electron chi connectivity index (χ4n) is 3.79. The van der Waals surface area contributed by atoms with Gasteiger partial charge in [0.25, 0.3) is 0 Å². The molecule has 1 aromatic rings. The van der Waals surface area contributed by atoms with Crippen molar-refractivity contribution in [3.63, 3.8) is 0 Å². The van der Waals surface area contributed by atoms with Crippen molar-refractivity contribution in [1.29, 1.82) is 0 Å². The quantitative estimate of drug-likeness (QED) is 0.497. The zero-order valence-corrected chi connectivity index (χ0v) is 15.4. The third-order valence-corrected chi connectivity index (χ3v) is 4.94. The number of oxime groups is 1. The second-order valence-electron chi connectivity index (χ2n) is 6.80. The highest BCUT2D eigenvalue weighted by molar-refractivity contribution is 6.04. The first-order chi connectivity index (χ1) is 12.5. The smallest absolute Gasteiger partial charge is 0.325 e. The van der Waals surface area contributed by atoms with Crippen LogP contribution in [0.25, 0.3) is 0 Å². The zero-order chi connectivity index (χ0) is 18.8. The van der Waals surface area contributed by atoms with E-state index in [-0.39, 0.29) is 12.1 Å². The molecule has 140 valence electrons. The predicted molar refractivity (Wildman–Crippen MR) is 98.9 cm³/mol. The minimum Gasteiger partial charge on any atom is -0.397 e. The summed E-state index contributed by atoms with van der Waals surface area (Å²) >= 11 is 0. The van der Waals surface area contributed by atoms with Crippen LogP contribution in [-0.2, 0) is 9.63 Å². The number of urea groups is 1. The lowest BCUT2D eigenvalue weighted by molar-refractivity contribution is -0.119. The molecule has 8 nitrogen and oxygen atoms in total. The van der Waals surface area contributed by atoms with E-state index in [0.717, 1.165) is 24.8 Å². The van der Waals surface area contributed by atoms with Crippen LogP contribution in [0.5, 0.6) is 0 Å². The van der Waals surface area contributed by atoms with Crippen molar-refractivity contribution in [3.8, 4) is 0 Å². The second kappa shape index (κ2) is 7.23. The fraction of sp³-hybridized carbons (Fsp3) is 0.500. The summed E-state index contributed by atoms with van der Waals surface area (Å²) in [5, 5.41) is 4.02. The van der Waals surface area contributed by atoms with Crippen LogP contribution >= 0.6 is 0 Å². The van der Waals surface area contributed by atoms with Gasteiger partial charge in [-0.05, 0) is 43.5 Å². The monoisotopic (exact) mass is 359 g/mol. The van der Waals surface area contributed by atoms with E-state index < -0.39 is 11.9 Å². The van der Waals surface area contributed by atoms with E-state index in [9.17, 15) is 9.59 Å². The number of carbonyl (C=O) groups is 2. The first-order valence-corrected chi connectivity index (χ1v) is 8.73. The van der Waals surface area contributed by atoms with E-state index in [2.05, 4.69) is 5.16 Å². The molecule has 0 radical (unpaired) electrons. The lowest BCUT2D eigenvalue weighted by Crippen LogP contribution is -2.48. The maximum atomic E-state index is 12.9. The minimum absolute atomic E-state index is 0.138. The minimum atomic E-state index is -0.630. The number of piperidine rings is 1. The molecule has 0 spiro atoms. The highest BCUT2D eigenvalue weighted by Crippen LogP contribution is 2.34. The van der Waals surface area contributed by atoms with Crippen molar-refractivity contribution in [3.05, 3.63) is 29.8 Å². The number of amides is 3. The topological polar surface area (TPSA) is 91.5 Å². The summed E-state index contributed by atoms with van der Waals surface area (Å²) in [6.45, 7) is 0.674. The van der Waals surface area contributed by atoms with Crippen LogP contribution < -0.4 is 10.6 Å². The summed E-state index contributed by atoms with van der Waals surface area (Å²) in [7, 11) is 5.24. The van der Waals surface area contributed by atoms with Gasteiger partial charge in [-0.2, -0.15) is 0 Å². The Morgan fingerprint density at radius 2 is 1.96 bits per heavy atom. The van der Waals surface area contributed by atoms with E-state index in [1.54, 1.807) is 4.90 Å². The van der Waals surface area contributed by atoms with Gasteiger partial charge in [0.15, 0.2) is 5.84 Å². The maximum absolute atomic E-state index is 12.9. The lowest BCUT2D eigenvalue weighted by Gasteiger charge is -2.29. The normalized spacial score (nSPS) is 23.0. The summed E-state index contributed by atoms with van der Waals surface area (Å²) in [4.78, 5) is 35.0. The highest BCUT2D eigenvalue weighted by atomic mass is 16.6. The fourth-order valence-corrected chi connectivity index (χ4v) is 3.79. The average molecular weight is 359 g/mol. The number of nitrogens with zero attached hydrogens (tertiary/aromatic N) is 4. The van der Waals surface area contributed by atoms with Gasteiger partial charge in [0.05, 0.1) is 6.04 Å². The number of carbonyl (C=O) groups excluding carboxylic acids is 2. The molecule has 2 fully saturated rings. The number of amidine groups is 1. The molecule has 2 N–H and O–H groups in total. The van der Waals surface area contributed by atoms with Crippen molar-refractivity contribution in [1.82, 2.24) is 9.80 Å². The average Bonchev–Trinajstić information content (AvgIpc) is 2.93. The Morgan fingerprint density at radius 1 is 1.27 bits per heavy atom. The third kappa shape index (κ3) is 3.07. The number of hydrogen-bond donors (Lipinski definition) is 1. The van der Waals surface area contributed by atoms with Gasteiger partial charge >= 0.3 is 6.03 Å². The van der Waals surface area contributed by atoms with Gasteiger partial charge in [-0.25, -0.2) is 4.79 Å². The van der Waals surface area contributed by atoms with Crippen LogP contribution in [-0.4, -0.2) is 67.4 Å². The maximum Gasteiger partial charge on any atom is 0.325 e. The van der Waals surface area contributed by atoms with E-state index in [1.807, 2.05) is 43.3 Å². The molecular formula is C18H25N5O3. The van der Waals surface area contributed by atoms with E-state index >= 15 is 0 Å². The van der Waals surface area contributed by atoms with Crippen molar-refractivity contribution in [2.45, 2.75) is 31.3 Å². The molecule has 3 amide bonds. The third-order valence-electron chi connectivity index (χ3n) is 4.94. The molecule has 1 aromatic carbocycles. The zero-order valence-electron chi connectivity index (χ0n) is 15.4. The lowest BCUT2D eigenvalue weighted by atomic mass is 9.97. The van der Waals surface area contributed by atoms with Crippen molar-refractivity contribution in [2.24, 2.45) is 10.9 Å². The van der Waals surface area contributed by atoms with E-state index in [4.69, 9.17) is 10.6 Å². The van der Waals surface area contributed by atoms with Gasteiger partial charge < -0.3 is 20.4 Å². The molecule has 0 aromatic heterocycles. The molecule has 2 aliphatic rings. The van der Waals surface area contributed by atoms with Crippen molar-refractivity contribution >= 4 is 23.5 Å². The van der Waals surface area contributed by atoms with E-state index in [0.29, 0.717) is 18.1 Å². The molecule has 2 saturated heterocycles. The molecule has 26 heavy (non-hydrogen) atoms. The molecule has 2 aliphatic heterocycles. The molecule has 0 saturated carbocycles. The number of hydrogen-bond acceptors (Lipinski definition) is 4. The molecule has 1 unspecified atom stereocenters. The number of fused-ring (bicyclic) bond motifs is 1. The molecule has 8 heteroatoms. The van der Waals surface area contributed by atoms with Gasteiger partial charge in [-0.3, -0.25) is 9.69 Å². The number of primary amides is 1. The summed E-state index contributed by atoms with van der Waals surface area (Å²) in [6.07, 6.45) is 2.77. The van der Waals surface area contributed by atoms with Gasteiger partial charge in [0.1, 0.15) is 13.2 Å². The van der Waals surface area contributed by atoms with Crippen LogP contribution in [0, 0.1) is 0 Å². The van der Waals surface area contributed by atoms with E-state index in [1.165, 1.54) is 12.0 Å². The molecule has 0 aliphatic carbocycles. The van der Waals surface area contributed by atoms with Gasteiger partial charge in [-0.15, -0.1) is 0 Å². The predicted octanol–water partition coefficient (Wildman–Crippen LogP) is 1.20. The Morgan fingerprint density at radius 3 is 2.54 bits per heavy atom. The largest absolute Gasteiger partial charge is 0.397 e. The number of benzene rings is 1. The Kier molecular flexibility index (Phi) is 5.01. The number of nitrogens with two attached hydrogens (primary N) is 1. The van der Waals surface area contributed by atoms with Gasteiger partial charge in [0, 0.05) is 31.9 Å². The summed E-state index contributed by atoms with van der Waals surface area (Å²) < 4.78 is 0. The van der Waals surface area contributed by atoms with Crippen molar-refractivity contribution in [2.75, 3.05) is 32.6 Å². The second-order valence-corrected chi connectivity index (χ2v) is 6.80. The Bertz CT molecular complexity index is 716. The molecule has 3 rings (SSSR count). The first kappa shape index (κ1) is 18.0. The Balaban J connectivity index is 1.93. The molecule has 2 atom stereocenters. The van der Waals surface area contributed by atoms with Gasteiger partial charge in [0.2, 0.25) is 5.91 Å². The SMILES string of the molecule is CON=C(c1ccc(N2C(=O)N3CCCC[C@@H]3C2C(N)=O)cc1)N(C)C. The van der Waals surface area contributed by atoms with Crippen LogP contribution in [0.3, 0.4) is 0 Å². The highest BCUT2D eigenvalue weighted by Gasteiger charge is 2.49.